The number of hydrogen-bond donors (Lipinski definition) is 0. The maximum Gasteiger partial charge on any atom is 0.0938 e. The Hall–Kier alpha value is -0.920. The molecule has 0 fully saturated rings. The van der Waals surface area contributed by atoms with Crippen molar-refractivity contribution in [2.45, 2.75) is 34.6 Å². The highest BCUT2D eigenvalue weighted by atomic mass is 16.5. The molecule has 0 aliphatic rings. The van der Waals surface area contributed by atoms with Gasteiger partial charge >= 0.3 is 0 Å². The lowest BCUT2D eigenvalue weighted by atomic mass is 9.82. The summed E-state index contributed by atoms with van der Waals surface area (Å²) >= 11 is 0. The SMILES string of the molecule is CC=COCC(COC=CC)C(C)(C)C. The molecule has 0 heterocycles. The molecule has 0 spiro atoms. The van der Waals surface area contributed by atoms with Crippen molar-refractivity contribution in [2.75, 3.05) is 13.2 Å². The van der Waals surface area contributed by atoms with Gasteiger partial charge < -0.3 is 9.47 Å². The molecule has 0 radical (unpaired) electrons. The normalized spacial score (nSPS) is 14.7. The zero-order valence-corrected chi connectivity index (χ0v) is 10.6. The summed E-state index contributed by atoms with van der Waals surface area (Å²) in [5.41, 5.74) is 0.198. The molecule has 15 heavy (non-hydrogen) atoms. The van der Waals surface area contributed by atoms with Gasteiger partial charge in [-0.25, -0.2) is 0 Å². The topological polar surface area (TPSA) is 18.5 Å². The third kappa shape index (κ3) is 7.06. The number of rotatable bonds is 6. The van der Waals surface area contributed by atoms with Crippen LogP contribution in [0.4, 0.5) is 0 Å². The number of hydrogen-bond acceptors (Lipinski definition) is 2. The van der Waals surface area contributed by atoms with E-state index in [1.165, 1.54) is 0 Å². The fraction of sp³-hybridized carbons (Fsp3) is 0.692. The molecule has 0 N–H and O–H groups in total. The minimum atomic E-state index is 0.198. The molecular weight excluding hydrogens is 188 g/mol. The van der Waals surface area contributed by atoms with Crippen molar-refractivity contribution < 1.29 is 9.47 Å². The molecule has 0 atom stereocenters. The van der Waals surface area contributed by atoms with Crippen molar-refractivity contribution in [3.8, 4) is 0 Å². The van der Waals surface area contributed by atoms with E-state index in [-0.39, 0.29) is 5.41 Å². The highest BCUT2D eigenvalue weighted by Crippen LogP contribution is 2.26. The second-order valence-electron chi connectivity index (χ2n) is 4.67. The molecule has 0 aliphatic carbocycles. The first-order valence-corrected chi connectivity index (χ1v) is 5.48. The van der Waals surface area contributed by atoms with Gasteiger partial charge in [-0.15, -0.1) is 0 Å². The predicted molar refractivity (Wildman–Crippen MR) is 64.5 cm³/mol. The predicted octanol–water partition coefficient (Wildman–Crippen LogP) is 3.75. The Bertz CT molecular complexity index is 183. The summed E-state index contributed by atoms with van der Waals surface area (Å²) in [7, 11) is 0. The van der Waals surface area contributed by atoms with E-state index in [1.54, 1.807) is 12.5 Å². The molecule has 0 saturated carbocycles. The van der Waals surface area contributed by atoms with Gasteiger partial charge in [0, 0.05) is 5.92 Å². The summed E-state index contributed by atoms with van der Waals surface area (Å²) in [6, 6.07) is 0. The monoisotopic (exact) mass is 212 g/mol. The van der Waals surface area contributed by atoms with Gasteiger partial charge in [0.05, 0.1) is 25.7 Å². The maximum absolute atomic E-state index is 5.42. The Labute approximate surface area is 94.0 Å². The van der Waals surface area contributed by atoms with Crippen molar-refractivity contribution in [3.63, 3.8) is 0 Å². The van der Waals surface area contributed by atoms with E-state index in [9.17, 15) is 0 Å². The first-order chi connectivity index (χ1) is 7.02. The summed E-state index contributed by atoms with van der Waals surface area (Å²) in [5, 5.41) is 0. The largest absolute Gasteiger partial charge is 0.501 e. The van der Waals surface area contributed by atoms with Crippen molar-refractivity contribution >= 4 is 0 Å². The lowest BCUT2D eigenvalue weighted by molar-refractivity contribution is 0.0557. The van der Waals surface area contributed by atoms with Crippen LogP contribution < -0.4 is 0 Å². The quantitative estimate of drug-likeness (QED) is 0.624. The number of ether oxygens (including phenoxy) is 2. The van der Waals surface area contributed by atoms with E-state index in [2.05, 4.69) is 20.8 Å². The molecule has 2 nitrogen and oxygen atoms in total. The first kappa shape index (κ1) is 14.1. The van der Waals surface area contributed by atoms with Crippen LogP contribution in [0.3, 0.4) is 0 Å². The molecular formula is C13H24O2. The van der Waals surface area contributed by atoms with Gasteiger partial charge in [0.2, 0.25) is 0 Å². The van der Waals surface area contributed by atoms with E-state index < -0.39 is 0 Å². The molecule has 0 aliphatic heterocycles. The van der Waals surface area contributed by atoms with E-state index >= 15 is 0 Å². The van der Waals surface area contributed by atoms with E-state index in [1.807, 2.05) is 26.0 Å². The second kappa shape index (κ2) is 7.38. The van der Waals surface area contributed by atoms with Crippen LogP contribution in [0.1, 0.15) is 34.6 Å². The summed E-state index contributed by atoms with van der Waals surface area (Å²) in [5.74, 6) is 0.393. The molecule has 88 valence electrons. The average molecular weight is 212 g/mol. The van der Waals surface area contributed by atoms with Crippen LogP contribution >= 0.6 is 0 Å². The Kier molecular flexibility index (Phi) is 6.93. The highest BCUT2D eigenvalue weighted by Gasteiger charge is 2.25. The lowest BCUT2D eigenvalue weighted by Crippen LogP contribution is -2.28. The van der Waals surface area contributed by atoms with Crippen LogP contribution in [0.25, 0.3) is 0 Å². The smallest absolute Gasteiger partial charge is 0.0938 e. The van der Waals surface area contributed by atoms with E-state index in [0.29, 0.717) is 19.1 Å². The van der Waals surface area contributed by atoms with Crippen molar-refractivity contribution in [2.24, 2.45) is 11.3 Å². The van der Waals surface area contributed by atoms with Crippen LogP contribution in [-0.2, 0) is 9.47 Å². The van der Waals surface area contributed by atoms with Crippen molar-refractivity contribution in [3.05, 3.63) is 24.7 Å². The molecule has 0 unspecified atom stereocenters. The van der Waals surface area contributed by atoms with Gasteiger partial charge in [-0.05, 0) is 19.3 Å². The summed E-state index contributed by atoms with van der Waals surface area (Å²) < 4.78 is 10.8. The molecule has 0 bridgehead atoms. The Morgan fingerprint density at radius 3 is 1.60 bits per heavy atom. The lowest BCUT2D eigenvalue weighted by Gasteiger charge is -2.29. The van der Waals surface area contributed by atoms with Gasteiger partial charge in [0.1, 0.15) is 0 Å². The van der Waals surface area contributed by atoms with Crippen LogP contribution in [0.15, 0.2) is 24.7 Å². The minimum Gasteiger partial charge on any atom is -0.501 e. The van der Waals surface area contributed by atoms with Gasteiger partial charge in [-0.3, -0.25) is 0 Å². The highest BCUT2D eigenvalue weighted by molar-refractivity contribution is 4.77. The fourth-order valence-electron chi connectivity index (χ4n) is 1.08. The van der Waals surface area contributed by atoms with Gasteiger partial charge in [-0.2, -0.15) is 0 Å². The minimum absolute atomic E-state index is 0.198. The van der Waals surface area contributed by atoms with E-state index in [4.69, 9.17) is 9.47 Å². The second-order valence-corrected chi connectivity index (χ2v) is 4.67. The van der Waals surface area contributed by atoms with Crippen LogP contribution in [-0.4, -0.2) is 13.2 Å². The zero-order chi connectivity index (χ0) is 11.7. The van der Waals surface area contributed by atoms with Crippen molar-refractivity contribution in [1.82, 2.24) is 0 Å². The van der Waals surface area contributed by atoms with Crippen LogP contribution in [0.2, 0.25) is 0 Å². The average Bonchev–Trinajstić information content (AvgIpc) is 2.14. The van der Waals surface area contributed by atoms with Gasteiger partial charge in [0.25, 0.3) is 0 Å². The van der Waals surface area contributed by atoms with Gasteiger partial charge in [0.15, 0.2) is 0 Å². The standard InChI is InChI=1S/C13H24O2/c1-6-8-14-10-12(13(3,4)5)11-15-9-7-2/h6-9,12H,10-11H2,1-5H3. The fourth-order valence-corrected chi connectivity index (χ4v) is 1.08. The maximum atomic E-state index is 5.42. The molecule has 2 heteroatoms. The first-order valence-electron chi connectivity index (χ1n) is 5.48. The molecule has 0 aromatic rings. The molecule has 0 amide bonds. The molecule has 0 aromatic carbocycles. The third-order valence-corrected chi connectivity index (χ3v) is 2.28. The molecule has 0 aromatic heterocycles. The van der Waals surface area contributed by atoms with E-state index in [0.717, 1.165) is 0 Å². The van der Waals surface area contributed by atoms with Crippen molar-refractivity contribution in [1.29, 1.82) is 0 Å². The Morgan fingerprint density at radius 2 is 1.33 bits per heavy atom. The Balaban J connectivity index is 4.07. The third-order valence-electron chi connectivity index (χ3n) is 2.28. The number of allylic oxidation sites excluding steroid dienone is 2. The molecule has 0 rings (SSSR count). The Morgan fingerprint density at radius 1 is 0.933 bits per heavy atom. The van der Waals surface area contributed by atoms with Crippen LogP contribution in [0, 0.1) is 11.3 Å². The molecule has 0 saturated heterocycles. The van der Waals surface area contributed by atoms with Gasteiger partial charge in [-0.1, -0.05) is 32.9 Å². The summed E-state index contributed by atoms with van der Waals surface area (Å²) in [4.78, 5) is 0. The van der Waals surface area contributed by atoms with Crippen LogP contribution in [0.5, 0.6) is 0 Å². The summed E-state index contributed by atoms with van der Waals surface area (Å²) in [6.07, 6.45) is 7.25. The zero-order valence-electron chi connectivity index (χ0n) is 10.6. The summed E-state index contributed by atoms with van der Waals surface area (Å²) in [6.45, 7) is 11.9.